The van der Waals surface area contributed by atoms with Crippen LogP contribution >= 0.6 is 15.9 Å². The first kappa shape index (κ1) is 15.2. The van der Waals surface area contributed by atoms with E-state index in [9.17, 15) is 13.5 Å². The molecule has 0 bridgehead atoms. The number of ether oxygens (including phenoxy) is 1. The van der Waals surface area contributed by atoms with E-state index in [0.717, 1.165) is 5.56 Å². The zero-order chi connectivity index (χ0) is 13.8. The topological polar surface area (TPSA) is 102 Å². The zero-order valence-electron chi connectivity index (χ0n) is 9.81. The molecule has 1 rings (SSSR count). The molecule has 8 heteroatoms. The van der Waals surface area contributed by atoms with Gasteiger partial charge in [0.1, 0.15) is 0 Å². The van der Waals surface area contributed by atoms with Crippen molar-refractivity contribution >= 4 is 26.0 Å². The summed E-state index contributed by atoms with van der Waals surface area (Å²) in [7, 11) is -1.98. The minimum atomic E-state index is -3.44. The number of halogens is 1. The highest BCUT2D eigenvalue weighted by atomic mass is 79.9. The molecule has 0 spiro atoms. The van der Waals surface area contributed by atoms with E-state index in [1.807, 2.05) is 0 Å². The Morgan fingerprint density at radius 2 is 2.17 bits per heavy atom. The van der Waals surface area contributed by atoms with Gasteiger partial charge < -0.3 is 15.2 Å². The highest BCUT2D eigenvalue weighted by molar-refractivity contribution is 9.10. The van der Waals surface area contributed by atoms with E-state index >= 15 is 0 Å². The minimum Gasteiger partial charge on any atom is -0.503 e. The van der Waals surface area contributed by atoms with Crippen LogP contribution < -0.4 is 15.2 Å². The minimum absolute atomic E-state index is 0.0331. The molecule has 0 aliphatic rings. The second-order valence-corrected chi connectivity index (χ2v) is 6.26. The fraction of sp³-hybridized carbons (Fsp3) is 0.400. The van der Waals surface area contributed by atoms with Gasteiger partial charge in [-0.3, -0.25) is 0 Å². The fourth-order valence-corrected chi connectivity index (χ4v) is 2.25. The van der Waals surface area contributed by atoms with Gasteiger partial charge in [-0.05, 0) is 33.6 Å². The summed E-state index contributed by atoms with van der Waals surface area (Å²) in [5.41, 5.74) is 0.853. The van der Waals surface area contributed by atoms with Crippen molar-refractivity contribution in [3.05, 3.63) is 22.2 Å². The van der Waals surface area contributed by atoms with Crippen molar-refractivity contribution in [1.29, 1.82) is 0 Å². The van der Waals surface area contributed by atoms with E-state index in [1.54, 1.807) is 12.1 Å². The lowest BCUT2D eigenvalue weighted by molar-refractivity contribution is 0.371. The van der Waals surface area contributed by atoms with Crippen molar-refractivity contribution < 1.29 is 18.3 Å². The van der Waals surface area contributed by atoms with Gasteiger partial charge in [0.05, 0.1) is 17.3 Å². The maximum absolute atomic E-state index is 10.7. The van der Waals surface area contributed by atoms with Crippen molar-refractivity contribution in [2.24, 2.45) is 5.14 Å². The van der Waals surface area contributed by atoms with Crippen LogP contribution in [0.5, 0.6) is 11.5 Å². The maximum Gasteiger partial charge on any atom is 0.210 e. The van der Waals surface area contributed by atoms with Gasteiger partial charge in [0.15, 0.2) is 11.5 Å². The predicted octanol–water partition coefficient (Wildman–Crippen LogP) is 0.541. The molecule has 4 N–H and O–H groups in total. The fourth-order valence-electron chi connectivity index (χ4n) is 1.33. The average molecular weight is 339 g/mol. The van der Waals surface area contributed by atoms with Crippen LogP contribution in [0.2, 0.25) is 0 Å². The summed E-state index contributed by atoms with van der Waals surface area (Å²) in [6.07, 6.45) is 0. The molecule has 0 saturated heterocycles. The third kappa shape index (κ3) is 4.81. The number of rotatable bonds is 6. The quantitative estimate of drug-likeness (QED) is 0.657. The number of nitrogens with one attached hydrogen (secondary N) is 1. The van der Waals surface area contributed by atoms with Crippen LogP contribution in [-0.4, -0.2) is 32.9 Å². The molecule has 0 amide bonds. The molecule has 0 heterocycles. The van der Waals surface area contributed by atoms with Crippen LogP contribution in [-0.2, 0) is 16.6 Å². The van der Waals surface area contributed by atoms with Crippen LogP contribution in [0.3, 0.4) is 0 Å². The van der Waals surface area contributed by atoms with Crippen LogP contribution in [0.4, 0.5) is 0 Å². The number of sulfonamides is 1. The summed E-state index contributed by atoms with van der Waals surface area (Å²) >= 11 is 3.20. The number of nitrogens with two attached hydrogens (primary N) is 1. The number of benzene rings is 1. The number of hydrogen-bond acceptors (Lipinski definition) is 5. The molecule has 0 aliphatic heterocycles. The summed E-state index contributed by atoms with van der Waals surface area (Å²) in [4.78, 5) is 0. The number of hydrogen-bond donors (Lipinski definition) is 3. The van der Waals surface area contributed by atoms with Gasteiger partial charge in [0.25, 0.3) is 0 Å². The molecule has 6 nitrogen and oxygen atoms in total. The Morgan fingerprint density at radius 1 is 1.50 bits per heavy atom. The number of phenols is 1. The summed E-state index contributed by atoms with van der Waals surface area (Å²) < 4.78 is 27.0. The summed E-state index contributed by atoms with van der Waals surface area (Å²) in [6.45, 7) is 0.713. The van der Waals surface area contributed by atoms with Crippen molar-refractivity contribution in [3.63, 3.8) is 0 Å². The van der Waals surface area contributed by atoms with Crippen LogP contribution in [0.25, 0.3) is 0 Å². The van der Waals surface area contributed by atoms with Gasteiger partial charge in [0, 0.05) is 13.1 Å². The molecule has 0 atom stereocenters. The van der Waals surface area contributed by atoms with Gasteiger partial charge in [-0.15, -0.1) is 0 Å². The first-order valence-corrected chi connectivity index (χ1v) is 7.61. The Morgan fingerprint density at radius 3 is 2.72 bits per heavy atom. The Balaban J connectivity index is 2.60. The molecule has 0 unspecified atom stereocenters. The van der Waals surface area contributed by atoms with Crippen LogP contribution in [0, 0.1) is 0 Å². The average Bonchev–Trinajstić information content (AvgIpc) is 2.27. The van der Waals surface area contributed by atoms with E-state index < -0.39 is 10.0 Å². The monoisotopic (exact) mass is 338 g/mol. The van der Waals surface area contributed by atoms with Gasteiger partial charge in [-0.2, -0.15) is 0 Å². The third-order valence-electron chi connectivity index (χ3n) is 2.20. The van der Waals surface area contributed by atoms with Gasteiger partial charge in [-0.1, -0.05) is 0 Å². The molecule has 0 radical (unpaired) electrons. The summed E-state index contributed by atoms with van der Waals surface area (Å²) in [6, 6.07) is 3.39. The number of primary sulfonamides is 1. The second-order valence-electron chi connectivity index (χ2n) is 3.67. The molecule has 1 aromatic carbocycles. The molecule has 0 saturated carbocycles. The summed E-state index contributed by atoms with van der Waals surface area (Å²) in [5.74, 6) is 0.266. The van der Waals surface area contributed by atoms with E-state index in [2.05, 4.69) is 21.2 Å². The molecule has 1 aromatic rings. The lowest BCUT2D eigenvalue weighted by Crippen LogP contribution is -2.26. The Labute approximate surface area is 114 Å². The van der Waals surface area contributed by atoms with Gasteiger partial charge >= 0.3 is 0 Å². The highest BCUT2D eigenvalue weighted by Gasteiger charge is 2.08. The predicted molar refractivity (Wildman–Crippen MR) is 72.0 cm³/mol. The second kappa shape index (κ2) is 6.37. The van der Waals surface area contributed by atoms with E-state index in [0.29, 0.717) is 16.8 Å². The standard InChI is InChI=1S/C10H15BrN2O4S/c1-17-9-5-7(4-8(11)10(9)14)6-13-2-3-18(12,15)16/h4-5,13-14H,2-3,6H2,1H3,(H2,12,15,16). The highest BCUT2D eigenvalue weighted by Crippen LogP contribution is 2.35. The Kier molecular flexibility index (Phi) is 5.39. The molecule has 18 heavy (non-hydrogen) atoms. The Bertz CT molecular complexity index is 519. The lowest BCUT2D eigenvalue weighted by atomic mass is 10.2. The van der Waals surface area contributed by atoms with Crippen molar-refractivity contribution in [3.8, 4) is 11.5 Å². The smallest absolute Gasteiger partial charge is 0.210 e. The van der Waals surface area contributed by atoms with E-state index in [4.69, 9.17) is 9.88 Å². The maximum atomic E-state index is 10.7. The third-order valence-corrected chi connectivity index (χ3v) is 3.58. The molecule has 102 valence electrons. The number of aromatic hydroxyl groups is 1. The lowest BCUT2D eigenvalue weighted by Gasteiger charge is -2.09. The van der Waals surface area contributed by atoms with E-state index in [-0.39, 0.29) is 18.0 Å². The van der Waals surface area contributed by atoms with Gasteiger partial charge in [0.2, 0.25) is 10.0 Å². The van der Waals surface area contributed by atoms with Gasteiger partial charge in [-0.25, -0.2) is 13.6 Å². The first-order valence-electron chi connectivity index (χ1n) is 5.10. The zero-order valence-corrected chi connectivity index (χ0v) is 12.2. The SMILES string of the molecule is COc1cc(CNCCS(N)(=O)=O)cc(Br)c1O. The first-order chi connectivity index (χ1) is 8.33. The molecular weight excluding hydrogens is 324 g/mol. The molecule has 0 aliphatic carbocycles. The number of methoxy groups -OCH3 is 1. The molecule has 0 fully saturated rings. The van der Waals surface area contributed by atoms with Crippen molar-refractivity contribution in [2.75, 3.05) is 19.4 Å². The largest absolute Gasteiger partial charge is 0.503 e. The van der Waals surface area contributed by atoms with E-state index in [1.165, 1.54) is 7.11 Å². The molecular formula is C10H15BrN2O4S. The Hall–Kier alpha value is -0.830. The van der Waals surface area contributed by atoms with Crippen LogP contribution in [0.15, 0.2) is 16.6 Å². The van der Waals surface area contributed by atoms with Crippen molar-refractivity contribution in [2.45, 2.75) is 6.54 Å². The number of phenolic OH excluding ortho intramolecular Hbond substituents is 1. The normalized spacial score (nSPS) is 11.5. The summed E-state index contributed by atoms with van der Waals surface area (Å²) in [5, 5.41) is 17.4. The van der Waals surface area contributed by atoms with Crippen molar-refractivity contribution in [1.82, 2.24) is 5.32 Å². The van der Waals surface area contributed by atoms with Crippen LogP contribution in [0.1, 0.15) is 5.56 Å². The molecule has 0 aromatic heterocycles.